The van der Waals surface area contributed by atoms with Gasteiger partial charge in [0, 0.05) is 31.4 Å². The maximum atomic E-state index is 6.81. The molecule has 2 unspecified atom stereocenters. The van der Waals surface area contributed by atoms with Gasteiger partial charge in [-0.15, -0.1) is 11.3 Å². The summed E-state index contributed by atoms with van der Waals surface area (Å²) in [6.45, 7) is 4.55. The molecule has 0 bridgehead atoms. The molecule has 2 atom stereocenters. The lowest BCUT2D eigenvalue weighted by Gasteiger charge is -2.36. The van der Waals surface area contributed by atoms with Gasteiger partial charge in [-0.2, -0.15) is 0 Å². The van der Waals surface area contributed by atoms with Gasteiger partial charge in [0.1, 0.15) is 5.69 Å². The molecule has 1 aliphatic heterocycles. The second-order valence-electron chi connectivity index (χ2n) is 13.8. The van der Waals surface area contributed by atoms with Crippen molar-refractivity contribution in [2.45, 2.75) is 89.6 Å². The van der Waals surface area contributed by atoms with Crippen LogP contribution in [-0.2, 0) is 19.3 Å². The van der Waals surface area contributed by atoms with Crippen LogP contribution in [0, 0.1) is 11.8 Å². The first-order valence-corrected chi connectivity index (χ1v) is 18.2. The van der Waals surface area contributed by atoms with Crippen LogP contribution in [0.4, 0.5) is 11.6 Å². The molecule has 4 aromatic rings. The van der Waals surface area contributed by atoms with Crippen LogP contribution >= 0.6 is 11.3 Å². The molecule has 3 heterocycles. The van der Waals surface area contributed by atoms with E-state index < -0.39 is 0 Å². The fourth-order valence-electron chi connectivity index (χ4n) is 7.55. The van der Waals surface area contributed by atoms with E-state index in [-0.39, 0.29) is 12.1 Å². The minimum Gasteiger partial charge on any atom is -0.423 e. The average Bonchev–Trinajstić information content (AvgIpc) is 3.69. The number of benzene rings is 2. The van der Waals surface area contributed by atoms with E-state index in [1.165, 1.54) is 68.2 Å². The second kappa shape index (κ2) is 15.5. The van der Waals surface area contributed by atoms with Crippen LogP contribution in [0.3, 0.4) is 0 Å². The van der Waals surface area contributed by atoms with E-state index in [0.717, 1.165) is 61.7 Å². The molecule has 1 saturated heterocycles. The van der Waals surface area contributed by atoms with Crippen molar-refractivity contribution >= 4 is 22.9 Å². The van der Waals surface area contributed by atoms with Gasteiger partial charge >= 0.3 is 0 Å². The molecule has 2 aromatic carbocycles. The summed E-state index contributed by atoms with van der Waals surface area (Å²) in [5.74, 6) is 3.31. The molecule has 1 N–H and O–H groups in total. The number of nitrogens with zero attached hydrogens (tertiary/aromatic N) is 3. The molecule has 45 heavy (non-hydrogen) atoms. The summed E-state index contributed by atoms with van der Waals surface area (Å²) >= 11 is 1.93. The lowest BCUT2D eigenvalue weighted by atomic mass is 9.77. The predicted molar refractivity (Wildman–Crippen MR) is 190 cm³/mol. The van der Waals surface area contributed by atoms with Gasteiger partial charge in [-0.1, -0.05) is 79.9 Å². The highest BCUT2D eigenvalue weighted by Crippen LogP contribution is 2.41. The zero-order valence-corrected chi connectivity index (χ0v) is 28.4. The Labute approximate surface area is 275 Å². The number of likely N-dealkylation sites (tertiary alicyclic amines) is 1. The van der Waals surface area contributed by atoms with Crippen LogP contribution < -0.4 is 10.2 Å². The highest BCUT2D eigenvalue weighted by Gasteiger charge is 2.33. The Morgan fingerprint density at radius 3 is 2.24 bits per heavy atom. The number of anilines is 2. The normalized spacial score (nSPS) is 20.5. The molecule has 2 aliphatic rings. The smallest absolute Gasteiger partial charge is 0.217 e. The zero-order chi connectivity index (χ0) is 31.0. The molecule has 1 aliphatic carbocycles. The third-order valence-corrected chi connectivity index (χ3v) is 10.9. The van der Waals surface area contributed by atoms with E-state index in [1.54, 1.807) is 4.88 Å². The number of hydrogen-bond donors (Lipinski definition) is 1. The van der Waals surface area contributed by atoms with Gasteiger partial charge in [-0.25, -0.2) is 4.98 Å². The Balaban J connectivity index is 1.18. The third kappa shape index (κ3) is 8.59. The molecule has 0 amide bonds. The van der Waals surface area contributed by atoms with Gasteiger partial charge in [-0.3, -0.25) is 4.90 Å². The van der Waals surface area contributed by atoms with Gasteiger partial charge in [0.15, 0.2) is 0 Å². The van der Waals surface area contributed by atoms with Crippen molar-refractivity contribution in [3.63, 3.8) is 0 Å². The van der Waals surface area contributed by atoms with E-state index in [2.05, 4.69) is 108 Å². The largest absolute Gasteiger partial charge is 0.423 e. The van der Waals surface area contributed by atoms with Crippen molar-refractivity contribution in [3.8, 4) is 0 Å². The minimum atomic E-state index is 0.239. The van der Waals surface area contributed by atoms with Gasteiger partial charge in [0.25, 0.3) is 0 Å². The van der Waals surface area contributed by atoms with Gasteiger partial charge in [-0.05, 0) is 99.4 Å². The van der Waals surface area contributed by atoms with Gasteiger partial charge < -0.3 is 14.6 Å². The molecular formula is C39H52N4OS. The van der Waals surface area contributed by atoms with Crippen molar-refractivity contribution in [3.05, 3.63) is 99.7 Å². The maximum absolute atomic E-state index is 6.81. The summed E-state index contributed by atoms with van der Waals surface area (Å²) in [6.07, 6.45) is 13.3. The number of oxazole rings is 1. The van der Waals surface area contributed by atoms with E-state index in [1.807, 2.05) is 11.3 Å². The fraction of sp³-hybridized carbons (Fsp3) is 0.513. The fourth-order valence-corrected chi connectivity index (χ4v) is 8.61. The van der Waals surface area contributed by atoms with E-state index in [4.69, 9.17) is 9.40 Å². The summed E-state index contributed by atoms with van der Waals surface area (Å²) < 4.78 is 6.81. The molecule has 2 aromatic heterocycles. The first-order valence-electron chi connectivity index (χ1n) is 17.3. The topological polar surface area (TPSA) is 44.5 Å². The monoisotopic (exact) mass is 624 g/mol. The molecule has 0 radical (unpaired) electrons. The van der Waals surface area contributed by atoms with Gasteiger partial charge in [0.05, 0.1) is 11.7 Å². The quantitative estimate of drug-likeness (QED) is 0.161. The second-order valence-corrected chi connectivity index (χ2v) is 14.8. The summed E-state index contributed by atoms with van der Waals surface area (Å²) in [5.41, 5.74) is 5.05. The number of hydrogen-bond acceptors (Lipinski definition) is 6. The van der Waals surface area contributed by atoms with Crippen molar-refractivity contribution in [1.29, 1.82) is 0 Å². The first-order chi connectivity index (χ1) is 22.0. The molecule has 5 nitrogen and oxygen atoms in total. The molecular weight excluding hydrogens is 573 g/mol. The van der Waals surface area contributed by atoms with Crippen LogP contribution in [0.2, 0.25) is 0 Å². The van der Waals surface area contributed by atoms with E-state index in [9.17, 15) is 0 Å². The SMILES string of the molecule is CC(Cc1ccccc1)Nc1oc(C(CC2CCC(Cc3sccc3N(C)C)CC2)N2CCCCC2)nc1Cc1ccccc1. The number of thiophene rings is 1. The molecule has 1 saturated carbocycles. The summed E-state index contributed by atoms with van der Waals surface area (Å²) in [6, 6.07) is 24.2. The first kappa shape index (κ1) is 31.9. The molecule has 6 rings (SSSR count). The Morgan fingerprint density at radius 2 is 1.56 bits per heavy atom. The number of rotatable bonds is 13. The Bertz CT molecular complexity index is 1430. The van der Waals surface area contributed by atoms with E-state index in [0.29, 0.717) is 0 Å². The van der Waals surface area contributed by atoms with Crippen LogP contribution in [0.15, 0.2) is 76.5 Å². The van der Waals surface area contributed by atoms with Crippen molar-refractivity contribution in [2.75, 3.05) is 37.4 Å². The van der Waals surface area contributed by atoms with Gasteiger partial charge in [0.2, 0.25) is 11.8 Å². The van der Waals surface area contributed by atoms with E-state index >= 15 is 0 Å². The van der Waals surface area contributed by atoms with Crippen LogP contribution in [0.1, 0.15) is 91.9 Å². The molecule has 0 spiro atoms. The summed E-state index contributed by atoms with van der Waals surface area (Å²) in [4.78, 5) is 11.8. The van der Waals surface area contributed by atoms with Crippen molar-refractivity contribution < 1.29 is 4.42 Å². The summed E-state index contributed by atoms with van der Waals surface area (Å²) in [7, 11) is 4.34. The number of piperidine rings is 1. The number of nitrogens with one attached hydrogen (secondary N) is 1. The zero-order valence-electron chi connectivity index (χ0n) is 27.6. The standard InChI is InChI=1S/C39H52N4OS/c1-29(25-30-13-7-4-8-14-30)40-38-34(26-31-15-9-5-10-16-31)41-39(44-38)36(43-22-11-6-12-23-43)27-32-17-19-33(20-18-32)28-37-35(42(2)3)21-24-45-37/h4-5,7-10,13-16,21,24,29,32-33,36,40H,6,11-12,17-20,22-23,25-28H2,1-3H3. The average molecular weight is 625 g/mol. The Kier molecular flexibility index (Phi) is 11.0. The van der Waals surface area contributed by atoms with Crippen LogP contribution in [0.25, 0.3) is 0 Å². The summed E-state index contributed by atoms with van der Waals surface area (Å²) in [5, 5.41) is 6.01. The Morgan fingerprint density at radius 1 is 0.889 bits per heavy atom. The lowest BCUT2D eigenvalue weighted by molar-refractivity contribution is 0.107. The van der Waals surface area contributed by atoms with Crippen LogP contribution in [-0.4, -0.2) is 43.1 Å². The highest BCUT2D eigenvalue weighted by atomic mass is 32.1. The van der Waals surface area contributed by atoms with Crippen molar-refractivity contribution in [1.82, 2.24) is 9.88 Å². The molecule has 6 heteroatoms. The molecule has 2 fully saturated rings. The highest BCUT2D eigenvalue weighted by molar-refractivity contribution is 7.10. The number of aromatic nitrogens is 1. The third-order valence-electron chi connectivity index (χ3n) is 10.0. The van der Waals surface area contributed by atoms with Crippen molar-refractivity contribution in [2.24, 2.45) is 11.8 Å². The van der Waals surface area contributed by atoms with Crippen LogP contribution in [0.5, 0.6) is 0 Å². The molecule has 240 valence electrons. The lowest BCUT2D eigenvalue weighted by Crippen LogP contribution is -2.35. The maximum Gasteiger partial charge on any atom is 0.217 e. The Hall–Kier alpha value is -3.09. The minimum absolute atomic E-state index is 0.239. The predicted octanol–water partition coefficient (Wildman–Crippen LogP) is 9.40.